The second kappa shape index (κ2) is 11.0. The predicted octanol–water partition coefficient (Wildman–Crippen LogP) is 4.42. The molecule has 3 aromatic rings. The predicted molar refractivity (Wildman–Crippen MR) is 81.7 cm³/mol. The summed E-state index contributed by atoms with van der Waals surface area (Å²) in [5.41, 5.74) is 1.35. The molecule has 19 heavy (non-hydrogen) atoms. The topological polar surface area (TPSA) is 0 Å². The van der Waals surface area contributed by atoms with Gasteiger partial charge in [-0.1, -0.05) is 13.0 Å². The maximum Gasteiger partial charge on any atom is 3.00 e. The van der Waals surface area contributed by atoms with Gasteiger partial charge in [0.15, 0.2) is 0 Å². The molecule has 3 aromatic carbocycles. The quantitative estimate of drug-likeness (QED) is 0.420. The molecule has 0 atom stereocenters. The summed E-state index contributed by atoms with van der Waals surface area (Å²) in [5, 5.41) is 2.69. The third-order valence-electron chi connectivity index (χ3n) is 2.37. The molecule has 0 aliphatic rings. The molecule has 0 nitrogen and oxygen atoms in total. The molecule has 0 aliphatic heterocycles. The molecule has 0 heterocycles. The van der Waals surface area contributed by atoms with Crippen molar-refractivity contribution in [3.63, 3.8) is 0 Å². The Morgan fingerprint density at radius 1 is 0.947 bits per heavy atom. The summed E-state index contributed by atoms with van der Waals surface area (Å²) in [7, 11) is 0. The molecule has 0 amide bonds. The van der Waals surface area contributed by atoms with Crippen molar-refractivity contribution in [2.75, 3.05) is 0 Å². The average molecular weight is 341 g/mol. The second-order valence-electron chi connectivity index (χ2n) is 3.74. The minimum atomic E-state index is 0. The third kappa shape index (κ3) is 6.75. The zero-order valence-corrected chi connectivity index (χ0v) is 14.8. The van der Waals surface area contributed by atoms with Gasteiger partial charge in [0.1, 0.15) is 0 Å². The Hall–Kier alpha value is -0.850. The van der Waals surface area contributed by atoms with E-state index in [4.69, 9.17) is 0 Å². The number of hydrogen-bond acceptors (Lipinski definition) is 0. The normalized spacial score (nSPS) is 8.05. The SMILES string of the molecule is Cc1cc2ccccc2[cH-]1.[CH3-].[Si].[Zr+3].[c-]1ccccc1. The van der Waals surface area contributed by atoms with E-state index in [0.717, 1.165) is 0 Å². The van der Waals surface area contributed by atoms with Gasteiger partial charge in [-0.3, -0.25) is 0 Å². The van der Waals surface area contributed by atoms with E-state index in [9.17, 15) is 0 Å². The summed E-state index contributed by atoms with van der Waals surface area (Å²) in [6.07, 6.45) is 0. The molecule has 0 aromatic heterocycles. The van der Waals surface area contributed by atoms with Crippen molar-refractivity contribution in [2.45, 2.75) is 6.92 Å². The Bertz CT molecular complexity index is 484. The fraction of sp³-hybridized carbons (Fsp3) is 0.0588. The van der Waals surface area contributed by atoms with E-state index in [1.807, 2.05) is 30.3 Å². The van der Waals surface area contributed by atoms with Crippen LogP contribution in [-0.2, 0) is 26.2 Å². The second-order valence-corrected chi connectivity index (χ2v) is 3.74. The molecular weight excluding hydrogens is 323 g/mol. The average Bonchev–Trinajstić information content (AvgIpc) is 2.72. The number of aryl methyl sites for hydroxylation is 1. The summed E-state index contributed by atoms with van der Waals surface area (Å²) in [6, 6.07) is 25.3. The standard InChI is InChI=1S/C10H9.C6H5.CH3.Si.Zr/c1-8-6-9-4-2-3-5-10(9)7-8;1-2-4-6-5-3-1;;;/h2-7H,1H3;1-5H;1H3;;/q3*-1;;+3. The van der Waals surface area contributed by atoms with Crippen LogP contribution in [0.1, 0.15) is 5.56 Å². The van der Waals surface area contributed by atoms with Crippen LogP contribution in [0.5, 0.6) is 0 Å². The first kappa shape index (κ1) is 20.5. The van der Waals surface area contributed by atoms with Gasteiger partial charge in [-0.15, -0.1) is 40.6 Å². The van der Waals surface area contributed by atoms with E-state index in [1.54, 1.807) is 0 Å². The van der Waals surface area contributed by atoms with Crippen LogP contribution in [-0.4, -0.2) is 11.0 Å². The van der Waals surface area contributed by atoms with Gasteiger partial charge in [-0.05, 0) is 0 Å². The summed E-state index contributed by atoms with van der Waals surface area (Å²) in [6.45, 7) is 2.12. The van der Waals surface area contributed by atoms with Crippen LogP contribution in [0.15, 0.2) is 66.7 Å². The van der Waals surface area contributed by atoms with E-state index >= 15 is 0 Å². The largest absolute Gasteiger partial charge is 3.00 e. The first-order valence-corrected chi connectivity index (χ1v) is 5.39. The smallest absolute Gasteiger partial charge is 0.358 e. The van der Waals surface area contributed by atoms with Crippen LogP contribution >= 0.6 is 0 Å². The van der Waals surface area contributed by atoms with E-state index in [2.05, 4.69) is 49.4 Å². The molecule has 0 saturated heterocycles. The van der Waals surface area contributed by atoms with E-state index in [0.29, 0.717) is 0 Å². The van der Waals surface area contributed by atoms with E-state index < -0.39 is 0 Å². The van der Waals surface area contributed by atoms with Gasteiger partial charge in [-0.25, -0.2) is 0 Å². The Morgan fingerprint density at radius 2 is 1.58 bits per heavy atom. The summed E-state index contributed by atoms with van der Waals surface area (Å²) in [5.74, 6) is 0. The molecule has 0 bridgehead atoms. The van der Waals surface area contributed by atoms with Crippen LogP contribution in [0, 0.1) is 20.4 Å². The molecule has 2 heteroatoms. The van der Waals surface area contributed by atoms with Gasteiger partial charge in [0.05, 0.1) is 0 Å². The fourth-order valence-corrected chi connectivity index (χ4v) is 1.65. The van der Waals surface area contributed by atoms with Gasteiger partial charge in [-0.2, -0.15) is 42.5 Å². The Labute approximate surface area is 140 Å². The van der Waals surface area contributed by atoms with Crippen molar-refractivity contribution in [3.05, 3.63) is 85.8 Å². The van der Waals surface area contributed by atoms with E-state index in [1.165, 1.54) is 16.3 Å². The Kier molecular flexibility index (Phi) is 11.9. The number of rotatable bonds is 0. The monoisotopic (exact) mass is 339 g/mol. The first-order chi connectivity index (χ1) is 7.86. The van der Waals surface area contributed by atoms with Crippen LogP contribution in [0.2, 0.25) is 0 Å². The molecule has 3 rings (SSSR count). The van der Waals surface area contributed by atoms with Gasteiger partial charge in [0.25, 0.3) is 0 Å². The molecule has 0 aliphatic carbocycles. The van der Waals surface area contributed by atoms with E-state index in [-0.39, 0.29) is 44.6 Å². The van der Waals surface area contributed by atoms with Gasteiger partial charge < -0.3 is 7.43 Å². The van der Waals surface area contributed by atoms with Crippen LogP contribution in [0.3, 0.4) is 0 Å². The number of benzene rings is 2. The Morgan fingerprint density at radius 3 is 2.05 bits per heavy atom. The molecule has 0 spiro atoms. The zero-order chi connectivity index (χ0) is 11.2. The van der Waals surface area contributed by atoms with Crippen LogP contribution in [0.4, 0.5) is 0 Å². The van der Waals surface area contributed by atoms with Crippen molar-refractivity contribution < 1.29 is 26.2 Å². The molecule has 0 N–H and O–H groups in total. The van der Waals surface area contributed by atoms with Gasteiger partial charge >= 0.3 is 26.2 Å². The Balaban J connectivity index is 0. The molecule has 0 unspecified atom stereocenters. The molecule has 0 saturated carbocycles. The number of fused-ring (bicyclic) bond motifs is 1. The maximum absolute atomic E-state index is 2.89. The number of hydrogen-bond donors (Lipinski definition) is 0. The molecule has 0 fully saturated rings. The van der Waals surface area contributed by atoms with Crippen molar-refractivity contribution >= 4 is 21.7 Å². The maximum atomic E-state index is 2.89. The summed E-state index contributed by atoms with van der Waals surface area (Å²) < 4.78 is 0. The van der Waals surface area contributed by atoms with Gasteiger partial charge in [0.2, 0.25) is 0 Å². The van der Waals surface area contributed by atoms with Crippen molar-refractivity contribution in [3.8, 4) is 0 Å². The molecule has 93 valence electrons. The summed E-state index contributed by atoms with van der Waals surface area (Å²) >= 11 is 0. The molecule has 5 radical (unpaired) electrons. The summed E-state index contributed by atoms with van der Waals surface area (Å²) in [4.78, 5) is 0. The zero-order valence-electron chi connectivity index (χ0n) is 11.4. The van der Waals surface area contributed by atoms with Crippen molar-refractivity contribution in [1.82, 2.24) is 0 Å². The van der Waals surface area contributed by atoms with Crippen LogP contribution < -0.4 is 0 Å². The van der Waals surface area contributed by atoms with Gasteiger partial charge in [0, 0.05) is 11.0 Å². The fourth-order valence-electron chi connectivity index (χ4n) is 1.65. The van der Waals surface area contributed by atoms with Crippen LogP contribution in [0.25, 0.3) is 10.8 Å². The minimum Gasteiger partial charge on any atom is -0.358 e. The van der Waals surface area contributed by atoms with Crippen molar-refractivity contribution in [1.29, 1.82) is 0 Å². The minimum absolute atomic E-state index is 0. The first-order valence-electron chi connectivity index (χ1n) is 5.39. The third-order valence-corrected chi connectivity index (χ3v) is 2.37. The molecular formula is C17H17SiZr. The van der Waals surface area contributed by atoms with Crippen molar-refractivity contribution in [2.24, 2.45) is 0 Å².